The maximum atomic E-state index is 11.1. The molecule has 1 aromatic carbocycles. The summed E-state index contributed by atoms with van der Waals surface area (Å²) in [6.45, 7) is 3.85. The summed E-state index contributed by atoms with van der Waals surface area (Å²) >= 11 is 0. The van der Waals surface area contributed by atoms with Gasteiger partial charge in [-0.3, -0.25) is 4.79 Å². The Bertz CT molecular complexity index is 372. The Kier molecular flexibility index (Phi) is 2.72. The lowest BCUT2D eigenvalue weighted by Crippen LogP contribution is -2.39. The van der Waals surface area contributed by atoms with Gasteiger partial charge in [-0.05, 0) is 18.6 Å². The molecule has 1 fully saturated rings. The van der Waals surface area contributed by atoms with Gasteiger partial charge < -0.3 is 10.6 Å². The van der Waals surface area contributed by atoms with Crippen molar-refractivity contribution in [1.29, 1.82) is 0 Å². The number of para-hydroxylation sites is 1. The molecule has 0 saturated carbocycles. The van der Waals surface area contributed by atoms with Gasteiger partial charge in [0, 0.05) is 17.8 Å². The number of carbonyl (C=O) groups excluding carboxylic acids is 1. The van der Waals surface area contributed by atoms with Gasteiger partial charge in [0.1, 0.15) is 0 Å². The average molecular weight is 202 g/mol. The van der Waals surface area contributed by atoms with Crippen LogP contribution >= 0.6 is 0 Å². The second-order valence-electron chi connectivity index (χ2n) is 3.68. The summed E-state index contributed by atoms with van der Waals surface area (Å²) in [5, 5.41) is 6.09. The molecule has 15 heavy (non-hydrogen) atoms. The summed E-state index contributed by atoms with van der Waals surface area (Å²) in [5.74, 6) is 0.0612. The molecular weight excluding hydrogens is 188 g/mol. The van der Waals surface area contributed by atoms with Crippen LogP contribution in [0, 0.1) is 0 Å². The third-order valence-electron chi connectivity index (χ3n) is 2.50. The first-order chi connectivity index (χ1) is 7.25. The molecule has 0 aromatic heterocycles. The van der Waals surface area contributed by atoms with Crippen molar-refractivity contribution < 1.29 is 4.79 Å². The summed E-state index contributed by atoms with van der Waals surface area (Å²) in [5.41, 5.74) is 1.81. The molecule has 1 unspecified atom stereocenters. The molecule has 1 heterocycles. The second kappa shape index (κ2) is 4.17. The summed E-state index contributed by atoms with van der Waals surface area (Å²) in [7, 11) is 0. The van der Waals surface area contributed by atoms with Gasteiger partial charge in [-0.2, -0.15) is 0 Å². The molecule has 3 nitrogen and oxygen atoms in total. The minimum atomic E-state index is 0.0612. The van der Waals surface area contributed by atoms with E-state index < -0.39 is 0 Å². The predicted molar refractivity (Wildman–Crippen MR) is 60.4 cm³/mol. The summed E-state index contributed by atoms with van der Waals surface area (Å²) in [4.78, 5) is 11.1. The quantitative estimate of drug-likeness (QED) is 0.769. The topological polar surface area (TPSA) is 41.1 Å². The Labute approximate surface area is 89.2 Å². The number of benzene rings is 1. The standard InChI is InChI=1S/C12H14N2O/c1-9-11(7-8-12(15)13-9)14-10-5-3-2-4-6-10/h2-6,11,14H,1,7-8H2,(H,13,15). The van der Waals surface area contributed by atoms with Crippen molar-refractivity contribution in [2.75, 3.05) is 5.32 Å². The summed E-state index contributed by atoms with van der Waals surface area (Å²) in [6, 6.07) is 10.1. The maximum Gasteiger partial charge on any atom is 0.224 e. The Morgan fingerprint density at radius 3 is 2.73 bits per heavy atom. The van der Waals surface area contributed by atoms with Gasteiger partial charge in [-0.25, -0.2) is 0 Å². The van der Waals surface area contributed by atoms with Crippen LogP contribution in [-0.4, -0.2) is 11.9 Å². The molecule has 3 heteroatoms. The number of hydrogen-bond donors (Lipinski definition) is 2. The van der Waals surface area contributed by atoms with Crippen LogP contribution in [0.25, 0.3) is 0 Å². The highest BCUT2D eigenvalue weighted by Crippen LogP contribution is 2.17. The van der Waals surface area contributed by atoms with E-state index in [1.54, 1.807) is 0 Å². The molecule has 0 spiro atoms. The summed E-state index contributed by atoms with van der Waals surface area (Å²) in [6.07, 6.45) is 1.36. The van der Waals surface area contributed by atoms with Crippen molar-refractivity contribution in [2.24, 2.45) is 0 Å². The van der Waals surface area contributed by atoms with Gasteiger partial charge in [0.05, 0.1) is 6.04 Å². The zero-order valence-electron chi connectivity index (χ0n) is 8.49. The number of carbonyl (C=O) groups is 1. The van der Waals surface area contributed by atoms with E-state index in [1.807, 2.05) is 30.3 Å². The fraction of sp³-hybridized carbons (Fsp3) is 0.250. The van der Waals surface area contributed by atoms with Gasteiger partial charge in [0.15, 0.2) is 0 Å². The molecule has 0 aliphatic carbocycles. The van der Waals surface area contributed by atoms with Gasteiger partial charge in [-0.15, -0.1) is 0 Å². The highest BCUT2D eigenvalue weighted by atomic mass is 16.1. The third-order valence-corrected chi connectivity index (χ3v) is 2.50. The molecular formula is C12H14N2O. The van der Waals surface area contributed by atoms with Crippen LogP contribution in [-0.2, 0) is 4.79 Å². The molecule has 2 rings (SSSR count). The number of nitrogens with one attached hydrogen (secondary N) is 2. The zero-order chi connectivity index (χ0) is 10.7. The van der Waals surface area contributed by atoms with E-state index in [1.165, 1.54) is 0 Å². The molecule has 0 radical (unpaired) electrons. The van der Waals surface area contributed by atoms with Crippen molar-refractivity contribution in [1.82, 2.24) is 5.32 Å². The number of hydrogen-bond acceptors (Lipinski definition) is 2. The third kappa shape index (κ3) is 2.37. The molecule has 1 aliphatic heterocycles. The molecule has 0 bridgehead atoms. The van der Waals surface area contributed by atoms with E-state index in [4.69, 9.17) is 0 Å². The Morgan fingerprint density at radius 1 is 1.33 bits per heavy atom. The molecule has 1 saturated heterocycles. The normalized spacial score (nSPS) is 20.9. The van der Waals surface area contributed by atoms with Crippen molar-refractivity contribution in [3.05, 3.63) is 42.6 Å². The first-order valence-corrected chi connectivity index (χ1v) is 5.06. The van der Waals surface area contributed by atoms with E-state index in [9.17, 15) is 4.79 Å². The lowest BCUT2D eigenvalue weighted by atomic mass is 10.0. The molecule has 2 N–H and O–H groups in total. The van der Waals surface area contributed by atoms with E-state index in [2.05, 4.69) is 17.2 Å². The average Bonchev–Trinajstić information content (AvgIpc) is 2.24. The van der Waals surface area contributed by atoms with E-state index in [0.717, 1.165) is 17.8 Å². The molecule has 1 aliphatic rings. The molecule has 1 atom stereocenters. The van der Waals surface area contributed by atoms with Crippen molar-refractivity contribution in [3.63, 3.8) is 0 Å². The Hall–Kier alpha value is -1.77. The number of piperidine rings is 1. The van der Waals surface area contributed by atoms with Crippen LogP contribution < -0.4 is 10.6 Å². The van der Waals surface area contributed by atoms with Gasteiger partial charge in [-0.1, -0.05) is 24.8 Å². The van der Waals surface area contributed by atoms with Gasteiger partial charge in [0.25, 0.3) is 0 Å². The Balaban J connectivity index is 2.01. The maximum absolute atomic E-state index is 11.1. The van der Waals surface area contributed by atoms with Gasteiger partial charge in [0.2, 0.25) is 5.91 Å². The smallest absolute Gasteiger partial charge is 0.224 e. The fourth-order valence-electron chi connectivity index (χ4n) is 1.67. The van der Waals surface area contributed by atoms with Crippen LogP contribution in [0.2, 0.25) is 0 Å². The summed E-state index contributed by atoms with van der Waals surface area (Å²) < 4.78 is 0. The van der Waals surface area contributed by atoms with Crippen molar-refractivity contribution in [2.45, 2.75) is 18.9 Å². The molecule has 1 amide bonds. The molecule has 1 aromatic rings. The number of rotatable bonds is 2. The van der Waals surface area contributed by atoms with Crippen LogP contribution in [0.15, 0.2) is 42.6 Å². The van der Waals surface area contributed by atoms with E-state index in [-0.39, 0.29) is 11.9 Å². The molecule has 78 valence electrons. The van der Waals surface area contributed by atoms with Crippen molar-refractivity contribution >= 4 is 11.6 Å². The first-order valence-electron chi connectivity index (χ1n) is 5.06. The monoisotopic (exact) mass is 202 g/mol. The highest BCUT2D eigenvalue weighted by Gasteiger charge is 2.21. The largest absolute Gasteiger partial charge is 0.377 e. The highest BCUT2D eigenvalue weighted by molar-refractivity contribution is 5.79. The van der Waals surface area contributed by atoms with Crippen molar-refractivity contribution in [3.8, 4) is 0 Å². The number of anilines is 1. The first kappa shape index (κ1) is 9.77. The lowest BCUT2D eigenvalue weighted by molar-refractivity contribution is -0.121. The van der Waals surface area contributed by atoms with Crippen LogP contribution in [0.4, 0.5) is 5.69 Å². The minimum Gasteiger partial charge on any atom is -0.377 e. The lowest BCUT2D eigenvalue weighted by Gasteiger charge is -2.26. The second-order valence-corrected chi connectivity index (χ2v) is 3.68. The SMILES string of the molecule is C=C1NC(=O)CCC1Nc1ccccc1. The zero-order valence-corrected chi connectivity index (χ0v) is 8.49. The van der Waals surface area contributed by atoms with Crippen LogP contribution in [0.3, 0.4) is 0 Å². The fourth-order valence-corrected chi connectivity index (χ4v) is 1.67. The Morgan fingerprint density at radius 2 is 2.07 bits per heavy atom. The number of amides is 1. The minimum absolute atomic E-state index is 0.0612. The van der Waals surface area contributed by atoms with Crippen LogP contribution in [0.1, 0.15) is 12.8 Å². The predicted octanol–water partition coefficient (Wildman–Crippen LogP) is 1.89. The van der Waals surface area contributed by atoms with E-state index in [0.29, 0.717) is 6.42 Å². The van der Waals surface area contributed by atoms with Gasteiger partial charge >= 0.3 is 0 Å². The van der Waals surface area contributed by atoms with E-state index >= 15 is 0 Å². The van der Waals surface area contributed by atoms with Crippen LogP contribution in [0.5, 0.6) is 0 Å².